The lowest BCUT2D eigenvalue weighted by Crippen LogP contribution is -2.22. The molecule has 112 valence electrons. The average molecular weight is 295 g/mol. The first-order valence-electron chi connectivity index (χ1n) is 7.45. The molecule has 1 aromatic carbocycles. The molecular weight excluding hydrogens is 278 g/mol. The maximum Gasteiger partial charge on any atom is 0.283 e. The van der Waals surface area contributed by atoms with Crippen molar-refractivity contribution in [2.75, 3.05) is 7.05 Å². The number of aryl methyl sites for hydroxylation is 1. The molecule has 0 fully saturated rings. The minimum atomic E-state index is 0.412. The van der Waals surface area contributed by atoms with Crippen LogP contribution in [-0.4, -0.2) is 22.1 Å². The molecule has 0 bridgehead atoms. The summed E-state index contributed by atoms with van der Waals surface area (Å²) in [5.74, 6) is 1.64. The van der Waals surface area contributed by atoms with Gasteiger partial charge in [0.25, 0.3) is 5.89 Å². The van der Waals surface area contributed by atoms with Crippen LogP contribution < -0.4 is 0 Å². The number of furan rings is 1. The lowest BCUT2D eigenvalue weighted by atomic mass is 10.1. The molecular formula is C17H17N3O2. The van der Waals surface area contributed by atoms with E-state index in [0.29, 0.717) is 30.1 Å². The van der Waals surface area contributed by atoms with Crippen LogP contribution in [-0.2, 0) is 13.0 Å². The van der Waals surface area contributed by atoms with Crippen molar-refractivity contribution in [2.24, 2.45) is 0 Å². The number of aromatic nitrogens is 2. The summed E-state index contributed by atoms with van der Waals surface area (Å²) in [7, 11) is 2.10. The molecule has 0 aliphatic heterocycles. The summed E-state index contributed by atoms with van der Waals surface area (Å²) in [6.07, 6.45) is 3.86. The number of hydrogen-bond acceptors (Lipinski definition) is 5. The van der Waals surface area contributed by atoms with Crippen LogP contribution in [0.2, 0.25) is 0 Å². The molecule has 22 heavy (non-hydrogen) atoms. The van der Waals surface area contributed by atoms with E-state index in [2.05, 4.69) is 46.4 Å². The third-order valence-electron chi connectivity index (χ3n) is 4.22. The van der Waals surface area contributed by atoms with Crippen LogP contribution in [0, 0.1) is 0 Å². The summed E-state index contributed by atoms with van der Waals surface area (Å²) in [6.45, 7) is 0.632. The predicted octanol–water partition coefficient (Wildman–Crippen LogP) is 3.45. The van der Waals surface area contributed by atoms with Crippen LogP contribution >= 0.6 is 0 Å². The molecule has 1 aliphatic carbocycles. The largest absolute Gasteiger partial charge is 0.459 e. The summed E-state index contributed by atoms with van der Waals surface area (Å²) in [4.78, 5) is 2.27. The third kappa shape index (κ3) is 2.33. The number of fused-ring (bicyclic) bond motifs is 1. The predicted molar refractivity (Wildman–Crippen MR) is 81.0 cm³/mol. The van der Waals surface area contributed by atoms with Crippen LogP contribution in [0.25, 0.3) is 11.7 Å². The van der Waals surface area contributed by atoms with Gasteiger partial charge < -0.3 is 8.83 Å². The highest BCUT2D eigenvalue weighted by Gasteiger charge is 2.26. The van der Waals surface area contributed by atoms with Gasteiger partial charge in [0.2, 0.25) is 5.89 Å². The van der Waals surface area contributed by atoms with Gasteiger partial charge in [0.05, 0.1) is 12.8 Å². The fourth-order valence-electron chi connectivity index (χ4n) is 3.13. The van der Waals surface area contributed by atoms with E-state index >= 15 is 0 Å². The molecule has 3 aromatic rings. The second-order valence-electron chi connectivity index (χ2n) is 5.65. The SMILES string of the molecule is CN(Cc1nnc(-c2ccco2)o1)C1CCc2ccccc21. The van der Waals surface area contributed by atoms with Gasteiger partial charge in [-0.25, -0.2) is 0 Å². The summed E-state index contributed by atoms with van der Waals surface area (Å²) in [5, 5.41) is 8.17. The maximum atomic E-state index is 5.69. The van der Waals surface area contributed by atoms with E-state index in [1.54, 1.807) is 12.3 Å². The Hall–Kier alpha value is -2.40. The van der Waals surface area contributed by atoms with E-state index in [1.807, 2.05) is 6.07 Å². The molecule has 0 N–H and O–H groups in total. The first kappa shape index (κ1) is 13.3. The van der Waals surface area contributed by atoms with E-state index in [9.17, 15) is 0 Å². The van der Waals surface area contributed by atoms with Gasteiger partial charge in [0.15, 0.2) is 5.76 Å². The zero-order chi connectivity index (χ0) is 14.9. The van der Waals surface area contributed by atoms with Crippen molar-refractivity contribution in [3.63, 3.8) is 0 Å². The van der Waals surface area contributed by atoms with Gasteiger partial charge in [0.1, 0.15) is 0 Å². The lowest BCUT2D eigenvalue weighted by Gasteiger charge is -2.23. The standard InChI is InChI=1S/C17H17N3O2/c1-20(14-9-8-12-5-2-3-6-13(12)14)11-16-18-19-17(22-16)15-7-4-10-21-15/h2-7,10,14H,8-9,11H2,1H3. The van der Waals surface area contributed by atoms with Gasteiger partial charge in [-0.2, -0.15) is 0 Å². The van der Waals surface area contributed by atoms with Crippen LogP contribution in [0.3, 0.4) is 0 Å². The smallest absolute Gasteiger partial charge is 0.283 e. The highest BCUT2D eigenvalue weighted by atomic mass is 16.4. The normalized spacial score (nSPS) is 17.1. The van der Waals surface area contributed by atoms with Gasteiger partial charge in [-0.1, -0.05) is 24.3 Å². The third-order valence-corrected chi connectivity index (χ3v) is 4.22. The molecule has 5 heteroatoms. The van der Waals surface area contributed by atoms with E-state index in [0.717, 1.165) is 12.8 Å². The molecule has 5 nitrogen and oxygen atoms in total. The van der Waals surface area contributed by atoms with E-state index in [1.165, 1.54) is 11.1 Å². The molecule has 2 aromatic heterocycles. The van der Waals surface area contributed by atoms with Crippen LogP contribution in [0.15, 0.2) is 51.5 Å². The Morgan fingerprint density at radius 2 is 2.09 bits per heavy atom. The van der Waals surface area contributed by atoms with Crippen molar-refractivity contribution in [3.05, 3.63) is 59.7 Å². The molecule has 1 aliphatic rings. The topological polar surface area (TPSA) is 55.3 Å². The van der Waals surface area contributed by atoms with Crippen molar-refractivity contribution in [1.29, 1.82) is 0 Å². The van der Waals surface area contributed by atoms with Crippen LogP contribution in [0.1, 0.15) is 29.5 Å². The first-order valence-corrected chi connectivity index (χ1v) is 7.45. The average Bonchev–Trinajstić information content (AvgIpc) is 3.27. The summed E-state index contributed by atoms with van der Waals surface area (Å²) in [5.41, 5.74) is 2.86. The first-order chi connectivity index (χ1) is 10.8. The Morgan fingerprint density at radius 3 is 2.95 bits per heavy atom. The van der Waals surface area contributed by atoms with Crippen LogP contribution in [0.4, 0.5) is 0 Å². The molecule has 1 atom stereocenters. The quantitative estimate of drug-likeness (QED) is 0.738. The Labute approximate surface area is 128 Å². The van der Waals surface area contributed by atoms with E-state index < -0.39 is 0 Å². The number of nitrogens with zero attached hydrogens (tertiary/aromatic N) is 3. The Balaban J connectivity index is 1.50. The monoisotopic (exact) mass is 295 g/mol. The number of benzene rings is 1. The fourth-order valence-corrected chi connectivity index (χ4v) is 3.13. The summed E-state index contributed by atoms with van der Waals surface area (Å²) < 4.78 is 11.0. The minimum absolute atomic E-state index is 0.412. The zero-order valence-electron chi connectivity index (χ0n) is 12.4. The second-order valence-corrected chi connectivity index (χ2v) is 5.65. The van der Waals surface area contributed by atoms with Crippen molar-refractivity contribution in [2.45, 2.75) is 25.4 Å². The molecule has 0 spiro atoms. The van der Waals surface area contributed by atoms with Gasteiger partial charge in [-0.05, 0) is 43.1 Å². The Morgan fingerprint density at radius 1 is 1.18 bits per heavy atom. The Bertz CT molecular complexity index is 764. The lowest BCUT2D eigenvalue weighted by molar-refractivity contribution is 0.214. The van der Waals surface area contributed by atoms with Gasteiger partial charge in [-0.15, -0.1) is 10.2 Å². The number of hydrogen-bond donors (Lipinski definition) is 0. The van der Waals surface area contributed by atoms with E-state index in [-0.39, 0.29) is 0 Å². The molecule has 2 heterocycles. The molecule has 0 radical (unpaired) electrons. The van der Waals surface area contributed by atoms with Crippen molar-refractivity contribution in [1.82, 2.24) is 15.1 Å². The van der Waals surface area contributed by atoms with Gasteiger partial charge in [-0.3, -0.25) is 4.90 Å². The maximum absolute atomic E-state index is 5.69. The minimum Gasteiger partial charge on any atom is -0.459 e. The highest BCUT2D eigenvalue weighted by Crippen LogP contribution is 2.35. The van der Waals surface area contributed by atoms with Crippen molar-refractivity contribution in [3.8, 4) is 11.7 Å². The second kappa shape index (κ2) is 5.42. The summed E-state index contributed by atoms with van der Waals surface area (Å²) >= 11 is 0. The fraction of sp³-hybridized carbons (Fsp3) is 0.294. The Kier molecular flexibility index (Phi) is 3.27. The highest BCUT2D eigenvalue weighted by molar-refractivity contribution is 5.42. The van der Waals surface area contributed by atoms with Crippen molar-refractivity contribution < 1.29 is 8.83 Å². The van der Waals surface area contributed by atoms with Gasteiger partial charge in [0, 0.05) is 6.04 Å². The molecule has 0 saturated carbocycles. The molecule has 4 rings (SSSR count). The molecule has 0 saturated heterocycles. The summed E-state index contributed by atoms with van der Waals surface area (Å²) in [6, 6.07) is 12.7. The van der Waals surface area contributed by atoms with E-state index in [4.69, 9.17) is 8.83 Å². The van der Waals surface area contributed by atoms with Gasteiger partial charge >= 0.3 is 0 Å². The van der Waals surface area contributed by atoms with Crippen LogP contribution in [0.5, 0.6) is 0 Å². The molecule has 1 unspecified atom stereocenters. The number of rotatable bonds is 4. The van der Waals surface area contributed by atoms with Crippen molar-refractivity contribution >= 4 is 0 Å². The zero-order valence-corrected chi connectivity index (χ0v) is 12.4. The molecule has 0 amide bonds.